The SMILES string of the molecule is CC1(C)CCS(=O)(=O)c2cc([N+](=O)[O-])c(Cl)cc21. The molecule has 0 fully saturated rings. The van der Waals surface area contributed by atoms with Crippen LogP contribution in [-0.4, -0.2) is 19.1 Å². The Morgan fingerprint density at radius 1 is 1.39 bits per heavy atom. The van der Waals surface area contributed by atoms with E-state index in [0.29, 0.717) is 12.0 Å². The average Bonchev–Trinajstić information content (AvgIpc) is 2.24. The number of benzene rings is 1. The van der Waals surface area contributed by atoms with Crippen LogP contribution in [0, 0.1) is 10.1 Å². The Balaban J connectivity index is 2.81. The maximum absolute atomic E-state index is 12.0. The Morgan fingerprint density at radius 3 is 2.56 bits per heavy atom. The van der Waals surface area contributed by atoms with Crippen molar-refractivity contribution in [2.24, 2.45) is 0 Å². The monoisotopic (exact) mass is 289 g/mol. The van der Waals surface area contributed by atoms with E-state index in [2.05, 4.69) is 0 Å². The van der Waals surface area contributed by atoms with Gasteiger partial charge in [0.25, 0.3) is 5.69 Å². The van der Waals surface area contributed by atoms with E-state index in [-0.39, 0.29) is 26.8 Å². The van der Waals surface area contributed by atoms with E-state index in [9.17, 15) is 18.5 Å². The van der Waals surface area contributed by atoms with Crippen molar-refractivity contribution in [1.29, 1.82) is 0 Å². The Labute approximate surface area is 110 Å². The Hall–Kier alpha value is -1.14. The molecule has 5 nitrogen and oxygen atoms in total. The molecule has 18 heavy (non-hydrogen) atoms. The number of fused-ring (bicyclic) bond motifs is 1. The number of rotatable bonds is 1. The molecule has 0 saturated heterocycles. The normalized spacial score (nSPS) is 20.2. The summed E-state index contributed by atoms with van der Waals surface area (Å²) in [5, 5.41) is 10.8. The topological polar surface area (TPSA) is 77.3 Å². The van der Waals surface area contributed by atoms with Gasteiger partial charge in [0.15, 0.2) is 9.84 Å². The number of nitro groups is 1. The summed E-state index contributed by atoms with van der Waals surface area (Å²) in [4.78, 5) is 10.2. The lowest BCUT2D eigenvalue weighted by Gasteiger charge is -2.32. The summed E-state index contributed by atoms with van der Waals surface area (Å²) in [6.07, 6.45) is 0.483. The summed E-state index contributed by atoms with van der Waals surface area (Å²) in [5.41, 5.74) is -0.152. The van der Waals surface area contributed by atoms with Crippen LogP contribution in [0.3, 0.4) is 0 Å². The van der Waals surface area contributed by atoms with Crippen LogP contribution < -0.4 is 0 Å². The minimum absolute atomic E-state index is 0.00574. The third-order valence-electron chi connectivity index (χ3n) is 3.31. The summed E-state index contributed by atoms with van der Waals surface area (Å²) >= 11 is 5.84. The number of hydrogen-bond acceptors (Lipinski definition) is 4. The third-order valence-corrected chi connectivity index (χ3v) is 5.36. The molecular weight excluding hydrogens is 278 g/mol. The highest BCUT2D eigenvalue weighted by Gasteiger charge is 2.37. The first-order valence-corrected chi connectivity index (χ1v) is 7.39. The van der Waals surface area contributed by atoms with Crippen LogP contribution in [0.15, 0.2) is 17.0 Å². The molecule has 1 aliphatic heterocycles. The molecule has 98 valence electrons. The fourth-order valence-electron chi connectivity index (χ4n) is 2.10. The summed E-state index contributed by atoms with van der Waals surface area (Å²) in [5.74, 6) is 0.00574. The van der Waals surface area contributed by atoms with Crippen molar-refractivity contribution in [1.82, 2.24) is 0 Å². The number of halogens is 1. The van der Waals surface area contributed by atoms with Gasteiger partial charge in [-0.05, 0) is 23.5 Å². The first-order valence-electron chi connectivity index (χ1n) is 5.36. The van der Waals surface area contributed by atoms with E-state index in [1.54, 1.807) is 0 Å². The molecule has 0 amide bonds. The first-order chi connectivity index (χ1) is 8.15. The molecule has 1 aliphatic rings. The van der Waals surface area contributed by atoms with Gasteiger partial charge in [0.2, 0.25) is 0 Å². The van der Waals surface area contributed by atoms with Crippen LogP contribution in [0.2, 0.25) is 5.02 Å². The fourth-order valence-corrected chi connectivity index (χ4v) is 4.30. The molecule has 2 rings (SSSR count). The van der Waals surface area contributed by atoms with Crippen molar-refractivity contribution in [3.63, 3.8) is 0 Å². The second kappa shape index (κ2) is 3.93. The van der Waals surface area contributed by atoms with Gasteiger partial charge >= 0.3 is 0 Å². The molecular formula is C11H12ClNO4S. The van der Waals surface area contributed by atoms with Crippen LogP contribution in [0.1, 0.15) is 25.8 Å². The van der Waals surface area contributed by atoms with Crippen LogP contribution >= 0.6 is 11.6 Å². The van der Waals surface area contributed by atoms with Gasteiger partial charge < -0.3 is 0 Å². The smallest absolute Gasteiger partial charge is 0.258 e. The van der Waals surface area contributed by atoms with Crippen molar-refractivity contribution < 1.29 is 13.3 Å². The number of nitro benzene ring substituents is 1. The molecule has 7 heteroatoms. The molecule has 0 saturated carbocycles. The molecule has 0 N–H and O–H groups in total. The van der Waals surface area contributed by atoms with Crippen molar-refractivity contribution in [3.05, 3.63) is 32.8 Å². The van der Waals surface area contributed by atoms with Crippen LogP contribution in [0.5, 0.6) is 0 Å². The highest BCUT2D eigenvalue weighted by atomic mass is 35.5. The Kier molecular flexibility index (Phi) is 2.90. The van der Waals surface area contributed by atoms with Gasteiger partial charge in [-0.15, -0.1) is 0 Å². The average molecular weight is 290 g/mol. The van der Waals surface area contributed by atoms with Crippen molar-refractivity contribution >= 4 is 27.1 Å². The molecule has 0 unspecified atom stereocenters. The number of nitrogens with zero attached hydrogens (tertiary/aromatic N) is 1. The third kappa shape index (κ3) is 1.99. The Bertz CT molecular complexity index is 637. The van der Waals surface area contributed by atoms with E-state index in [4.69, 9.17) is 11.6 Å². The van der Waals surface area contributed by atoms with E-state index < -0.39 is 14.8 Å². The standard InChI is InChI=1S/C11H12ClNO4S/c1-11(2)3-4-18(16,17)10-6-9(13(14)15)8(12)5-7(10)11/h5-6H,3-4H2,1-2H3. The summed E-state index contributed by atoms with van der Waals surface area (Å²) in [7, 11) is -3.45. The molecule has 0 aromatic heterocycles. The predicted molar refractivity (Wildman–Crippen MR) is 67.8 cm³/mol. The molecule has 1 aromatic rings. The lowest BCUT2D eigenvalue weighted by atomic mass is 9.82. The van der Waals surface area contributed by atoms with Gasteiger partial charge in [-0.2, -0.15) is 0 Å². The van der Waals surface area contributed by atoms with E-state index in [1.165, 1.54) is 6.07 Å². The highest BCUT2D eigenvalue weighted by molar-refractivity contribution is 7.91. The quantitative estimate of drug-likeness (QED) is 0.588. The zero-order valence-electron chi connectivity index (χ0n) is 9.94. The molecule has 0 atom stereocenters. The zero-order valence-corrected chi connectivity index (χ0v) is 11.5. The summed E-state index contributed by atoms with van der Waals surface area (Å²) in [6.45, 7) is 3.81. The fraction of sp³-hybridized carbons (Fsp3) is 0.455. The van der Waals surface area contributed by atoms with Gasteiger partial charge in [0, 0.05) is 6.07 Å². The minimum Gasteiger partial charge on any atom is -0.258 e. The van der Waals surface area contributed by atoms with Crippen molar-refractivity contribution in [2.45, 2.75) is 30.6 Å². The van der Waals surface area contributed by atoms with E-state index >= 15 is 0 Å². The van der Waals surface area contributed by atoms with Crippen LogP contribution in [-0.2, 0) is 15.3 Å². The summed E-state index contributed by atoms with van der Waals surface area (Å²) < 4.78 is 24.0. The number of sulfone groups is 1. The lowest BCUT2D eigenvalue weighted by molar-refractivity contribution is -0.384. The lowest BCUT2D eigenvalue weighted by Crippen LogP contribution is -2.30. The second-order valence-corrected chi connectivity index (χ2v) is 7.49. The zero-order chi connectivity index (χ0) is 13.7. The van der Waals surface area contributed by atoms with Crippen molar-refractivity contribution in [2.75, 3.05) is 5.75 Å². The molecule has 0 bridgehead atoms. The van der Waals surface area contributed by atoms with E-state index in [1.807, 2.05) is 13.8 Å². The maximum Gasteiger partial charge on any atom is 0.289 e. The van der Waals surface area contributed by atoms with Crippen LogP contribution in [0.25, 0.3) is 0 Å². The van der Waals surface area contributed by atoms with E-state index in [0.717, 1.165) is 6.07 Å². The molecule has 1 aromatic carbocycles. The predicted octanol–water partition coefficient (Wildman–Crippen LogP) is 2.70. The van der Waals surface area contributed by atoms with Crippen molar-refractivity contribution in [3.8, 4) is 0 Å². The van der Waals surface area contributed by atoms with Gasteiger partial charge in [0.05, 0.1) is 15.6 Å². The van der Waals surface area contributed by atoms with Gasteiger partial charge in [-0.3, -0.25) is 10.1 Å². The molecule has 0 aliphatic carbocycles. The van der Waals surface area contributed by atoms with Gasteiger partial charge in [-0.25, -0.2) is 8.42 Å². The van der Waals surface area contributed by atoms with Gasteiger partial charge in [0.1, 0.15) is 5.02 Å². The maximum atomic E-state index is 12.0. The number of hydrogen-bond donors (Lipinski definition) is 0. The largest absolute Gasteiger partial charge is 0.289 e. The highest BCUT2D eigenvalue weighted by Crippen LogP contribution is 2.42. The Morgan fingerprint density at radius 2 is 2.00 bits per heavy atom. The van der Waals surface area contributed by atoms with Gasteiger partial charge in [-0.1, -0.05) is 25.4 Å². The molecule has 0 spiro atoms. The molecule has 0 radical (unpaired) electrons. The minimum atomic E-state index is -3.45. The first kappa shape index (κ1) is 13.3. The molecule has 1 heterocycles. The van der Waals surface area contributed by atoms with Crippen LogP contribution in [0.4, 0.5) is 5.69 Å². The summed E-state index contributed by atoms with van der Waals surface area (Å²) in [6, 6.07) is 2.49. The second-order valence-electron chi connectivity index (χ2n) is 5.01.